The first-order valence-electron chi connectivity index (χ1n) is 5.19. The number of hydrogen-bond donors (Lipinski definition) is 0. The van der Waals surface area contributed by atoms with E-state index in [0.29, 0.717) is 19.4 Å². The maximum absolute atomic E-state index is 12.2. The Labute approximate surface area is 89.6 Å². The monoisotopic (exact) mass is 236 g/mol. The van der Waals surface area contributed by atoms with Gasteiger partial charge in [0.05, 0.1) is 19.8 Å². The molecule has 1 rings (SSSR count). The van der Waals surface area contributed by atoms with Gasteiger partial charge in [0.15, 0.2) is 5.66 Å². The van der Waals surface area contributed by atoms with Crippen molar-refractivity contribution in [2.45, 2.75) is 32.3 Å². The average Bonchev–Trinajstić information content (AvgIpc) is 2.19. The molecule has 0 N–H and O–H groups in total. The fourth-order valence-electron chi connectivity index (χ4n) is 1.53. The summed E-state index contributed by atoms with van der Waals surface area (Å²) in [5.41, 5.74) is -0.744. The van der Waals surface area contributed by atoms with Gasteiger partial charge in [-0.15, -0.1) is 0 Å². The van der Waals surface area contributed by atoms with Crippen LogP contribution in [0.3, 0.4) is 0 Å². The molecule has 0 unspecified atom stereocenters. The van der Waals surface area contributed by atoms with Crippen LogP contribution in [0.1, 0.15) is 26.7 Å². The van der Waals surface area contributed by atoms with Crippen LogP contribution in [0, 0.1) is 0 Å². The summed E-state index contributed by atoms with van der Waals surface area (Å²) in [5.74, 6) is -0.466. The van der Waals surface area contributed by atoms with E-state index in [1.165, 1.54) is 0 Å². The molecule has 0 amide bonds. The second-order valence-corrected chi connectivity index (χ2v) is 5.42. The van der Waals surface area contributed by atoms with Gasteiger partial charge in [0.1, 0.15) is 0 Å². The van der Waals surface area contributed by atoms with E-state index in [1.54, 1.807) is 13.8 Å². The van der Waals surface area contributed by atoms with Crippen molar-refractivity contribution in [3.8, 4) is 0 Å². The lowest BCUT2D eigenvalue weighted by Gasteiger charge is -2.27. The van der Waals surface area contributed by atoms with Gasteiger partial charge in [0.25, 0.3) is 0 Å². The number of ether oxygens (including phenoxy) is 1. The summed E-state index contributed by atoms with van der Waals surface area (Å²) in [7, 11) is -3.33. The van der Waals surface area contributed by atoms with Gasteiger partial charge >= 0.3 is 13.6 Å². The number of esters is 1. The number of hydrogen-bond acceptors (Lipinski definition) is 5. The normalized spacial score (nSPS) is 22.5. The van der Waals surface area contributed by atoms with E-state index in [0.717, 1.165) is 0 Å². The lowest BCUT2D eigenvalue weighted by Crippen LogP contribution is -2.30. The van der Waals surface area contributed by atoms with Crippen molar-refractivity contribution >= 4 is 13.6 Å². The minimum absolute atomic E-state index is 0.265. The molecule has 1 heterocycles. The second kappa shape index (κ2) is 5.64. The van der Waals surface area contributed by atoms with Crippen LogP contribution in [0.15, 0.2) is 0 Å². The Kier molecular flexibility index (Phi) is 4.77. The maximum Gasteiger partial charge on any atom is 0.344 e. The minimum Gasteiger partial charge on any atom is -0.465 e. The molecular formula is C9H17O5P. The van der Waals surface area contributed by atoms with Gasteiger partial charge in [-0.1, -0.05) is 0 Å². The van der Waals surface area contributed by atoms with Crippen LogP contribution in [-0.4, -0.2) is 31.4 Å². The molecule has 0 spiro atoms. The number of carbonyl (C=O) groups excluding carboxylic acids is 1. The molecule has 0 radical (unpaired) electrons. The highest BCUT2D eigenvalue weighted by atomic mass is 31.2. The maximum atomic E-state index is 12.2. The number of cyclic esters (lactones) is 1. The Morgan fingerprint density at radius 3 is 2.47 bits per heavy atom. The minimum atomic E-state index is -3.33. The van der Waals surface area contributed by atoms with E-state index in [2.05, 4.69) is 0 Å². The first kappa shape index (κ1) is 12.7. The van der Waals surface area contributed by atoms with E-state index in [1.807, 2.05) is 0 Å². The first-order chi connectivity index (χ1) is 7.14. The first-order valence-corrected chi connectivity index (χ1v) is 6.80. The third-order valence-corrected chi connectivity index (χ3v) is 4.61. The van der Waals surface area contributed by atoms with Gasteiger partial charge in [-0.05, 0) is 26.7 Å². The van der Waals surface area contributed by atoms with Gasteiger partial charge in [-0.2, -0.15) is 0 Å². The van der Waals surface area contributed by atoms with E-state index >= 15 is 0 Å². The van der Waals surface area contributed by atoms with Crippen LogP contribution >= 0.6 is 7.60 Å². The van der Waals surface area contributed by atoms with Crippen LogP contribution in [0.5, 0.6) is 0 Å². The fourth-order valence-corrected chi connectivity index (χ4v) is 3.51. The summed E-state index contributed by atoms with van der Waals surface area (Å²) in [6.07, 6.45) is 1.22. The van der Waals surface area contributed by atoms with Gasteiger partial charge < -0.3 is 13.8 Å². The van der Waals surface area contributed by atoms with Crippen molar-refractivity contribution in [3.63, 3.8) is 0 Å². The van der Waals surface area contributed by atoms with Crippen LogP contribution in [0.25, 0.3) is 0 Å². The molecule has 15 heavy (non-hydrogen) atoms. The molecular weight excluding hydrogens is 219 g/mol. The van der Waals surface area contributed by atoms with E-state index in [4.69, 9.17) is 13.8 Å². The molecule has 0 aromatic heterocycles. The predicted molar refractivity (Wildman–Crippen MR) is 54.8 cm³/mol. The highest BCUT2D eigenvalue weighted by Gasteiger charge is 2.43. The van der Waals surface area contributed by atoms with Crippen molar-refractivity contribution in [2.75, 3.05) is 19.8 Å². The molecule has 5 nitrogen and oxygen atoms in total. The summed E-state index contributed by atoms with van der Waals surface area (Å²) < 4.78 is 27.3. The van der Waals surface area contributed by atoms with Crippen LogP contribution < -0.4 is 0 Å². The summed E-state index contributed by atoms with van der Waals surface area (Å²) in [5, 5.41) is 0. The number of rotatable bonds is 5. The zero-order chi connectivity index (χ0) is 11.3. The quantitative estimate of drug-likeness (QED) is 0.539. The SMILES string of the molecule is CCOP(=O)(OCC)[C@@H]1CCCOC1=O. The smallest absolute Gasteiger partial charge is 0.344 e. The largest absolute Gasteiger partial charge is 0.465 e. The molecule has 1 aliphatic rings. The van der Waals surface area contributed by atoms with E-state index in [-0.39, 0.29) is 13.2 Å². The highest BCUT2D eigenvalue weighted by molar-refractivity contribution is 7.55. The summed E-state index contributed by atoms with van der Waals surface area (Å²) in [6, 6.07) is 0. The zero-order valence-corrected chi connectivity index (χ0v) is 10.00. The van der Waals surface area contributed by atoms with Crippen molar-refractivity contribution in [1.82, 2.24) is 0 Å². The molecule has 1 aliphatic heterocycles. The van der Waals surface area contributed by atoms with Crippen LogP contribution in [-0.2, 0) is 23.1 Å². The second-order valence-electron chi connectivity index (χ2n) is 3.20. The zero-order valence-electron chi connectivity index (χ0n) is 9.10. The van der Waals surface area contributed by atoms with Crippen molar-refractivity contribution < 1.29 is 23.1 Å². The van der Waals surface area contributed by atoms with Crippen molar-refractivity contribution in [3.05, 3.63) is 0 Å². The molecule has 6 heteroatoms. The Balaban J connectivity index is 2.77. The van der Waals surface area contributed by atoms with E-state index in [9.17, 15) is 9.36 Å². The van der Waals surface area contributed by atoms with Gasteiger partial charge in [-0.25, -0.2) is 0 Å². The average molecular weight is 236 g/mol. The van der Waals surface area contributed by atoms with Gasteiger partial charge in [0, 0.05) is 0 Å². The molecule has 1 atom stereocenters. The molecule has 1 fully saturated rings. The summed E-state index contributed by atoms with van der Waals surface area (Å²) in [4.78, 5) is 11.4. The summed E-state index contributed by atoms with van der Waals surface area (Å²) >= 11 is 0. The van der Waals surface area contributed by atoms with Crippen LogP contribution in [0.2, 0.25) is 0 Å². The summed E-state index contributed by atoms with van der Waals surface area (Å²) in [6.45, 7) is 4.37. The third-order valence-electron chi connectivity index (χ3n) is 2.14. The van der Waals surface area contributed by atoms with Gasteiger partial charge in [-0.3, -0.25) is 9.36 Å². The predicted octanol–water partition coefficient (Wildman–Crippen LogP) is 1.96. The third kappa shape index (κ3) is 3.03. The molecule has 0 aromatic rings. The Morgan fingerprint density at radius 2 is 2.00 bits per heavy atom. The molecule has 0 bridgehead atoms. The Morgan fingerprint density at radius 1 is 1.40 bits per heavy atom. The molecule has 0 aromatic carbocycles. The van der Waals surface area contributed by atoms with E-state index < -0.39 is 19.2 Å². The molecule has 0 saturated carbocycles. The molecule has 88 valence electrons. The fraction of sp³-hybridized carbons (Fsp3) is 0.889. The Bertz CT molecular complexity index is 255. The van der Waals surface area contributed by atoms with Gasteiger partial charge in [0.2, 0.25) is 0 Å². The Hall–Kier alpha value is -0.380. The highest BCUT2D eigenvalue weighted by Crippen LogP contribution is 2.55. The van der Waals surface area contributed by atoms with Crippen molar-refractivity contribution in [2.24, 2.45) is 0 Å². The van der Waals surface area contributed by atoms with Crippen LogP contribution in [0.4, 0.5) is 0 Å². The lowest BCUT2D eigenvalue weighted by atomic mass is 10.2. The standard InChI is InChI=1S/C9H17O5P/c1-3-13-15(11,14-4-2)8-6-5-7-12-9(8)10/h8H,3-7H2,1-2H3/t8-/m1/s1. The topological polar surface area (TPSA) is 61.8 Å². The van der Waals surface area contributed by atoms with Crippen molar-refractivity contribution in [1.29, 1.82) is 0 Å². The number of carbonyl (C=O) groups is 1. The lowest BCUT2D eigenvalue weighted by molar-refractivity contribution is -0.146. The molecule has 0 aliphatic carbocycles. The molecule has 1 saturated heterocycles.